The van der Waals surface area contributed by atoms with Gasteiger partial charge in [0, 0.05) is 19.6 Å². The van der Waals surface area contributed by atoms with E-state index in [0.29, 0.717) is 19.6 Å². The van der Waals surface area contributed by atoms with Crippen LogP contribution in [0.1, 0.15) is 50.5 Å². The minimum Gasteiger partial charge on any atom is -0.379 e. The van der Waals surface area contributed by atoms with Crippen molar-refractivity contribution in [2.75, 3.05) is 26.3 Å². The fraction of sp³-hybridized carbons (Fsp3) is 0.667. The molecule has 0 aromatic heterocycles. The zero-order chi connectivity index (χ0) is 17.5. The van der Waals surface area contributed by atoms with Crippen LogP contribution in [0.3, 0.4) is 0 Å². The van der Waals surface area contributed by atoms with E-state index in [2.05, 4.69) is 29.2 Å². The number of hydrogen-bond acceptors (Lipinski definition) is 3. The average molecular weight is 381 g/mol. The molecule has 1 atom stereocenters. The van der Waals surface area contributed by atoms with Crippen LogP contribution in [-0.4, -0.2) is 43.2 Å². The molecule has 1 aliphatic heterocycles. The quantitative estimate of drug-likeness (QED) is 0.786. The van der Waals surface area contributed by atoms with Gasteiger partial charge in [-0.05, 0) is 43.2 Å². The Labute approximate surface area is 163 Å². The molecule has 1 heterocycles. The number of amides is 1. The zero-order valence-corrected chi connectivity index (χ0v) is 16.5. The van der Waals surface area contributed by atoms with E-state index in [1.54, 1.807) is 0 Å². The van der Waals surface area contributed by atoms with Crippen molar-refractivity contribution in [3.05, 3.63) is 35.9 Å². The monoisotopic (exact) mass is 380 g/mol. The summed E-state index contributed by atoms with van der Waals surface area (Å²) in [7, 11) is 0. The number of halogens is 1. The second-order valence-corrected chi connectivity index (χ2v) is 7.78. The van der Waals surface area contributed by atoms with E-state index >= 15 is 0 Å². The number of benzene rings is 1. The van der Waals surface area contributed by atoms with Crippen LogP contribution < -0.4 is 5.73 Å². The molecule has 2 fully saturated rings. The molecular weight excluding hydrogens is 348 g/mol. The van der Waals surface area contributed by atoms with Crippen LogP contribution >= 0.6 is 12.4 Å². The third kappa shape index (κ3) is 5.45. The molecule has 0 spiro atoms. The molecule has 1 amide bonds. The van der Waals surface area contributed by atoms with Crippen LogP contribution in [0.2, 0.25) is 0 Å². The summed E-state index contributed by atoms with van der Waals surface area (Å²) < 4.78 is 5.56. The summed E-state index contributed by atoms with van der Waals surface area (Å²) in [4.78, 5) is 15.3. The summed E-state index contributed by atoms with van der Waals surface area (Å²) >= 11 is 0. The molecule has 1 saturated carbocycles. The predicted octanol–water partition coefficient (Wildman–Crippen LogP) is 3.57. The minimum absolute atomic E-state index is 0. The lowest BCUT2D eigenvalue weighted by molar-refractivity contribution is -0.136. The molecule has 3 rings (SSSR count). The molecule has 5 heteroatoms. The molecule has 2 aliphatic rings. The van der Waals surface area contributed by atoms with E-state index in [4.69, 9.17) is 10.5 Å². The van der Waals surface area contributed by atoms with Crippen molar-refractivity contribution in [3.63, 3.8) is 0 Å². The maximum absolute atomic E-state index is 13.2. The van der Waals surface area contributed by atoms with Gasteiger partial charge in [0.1, 0.15) is 0 Å². The molecule has 0 radical (unpaired) electrons. The molecule has 1 saturated heterocycles. The predicted molar refractivity (Wildman–Crippen MR) is 108 cm³/mol. The summed E-state index contributed by atoms with van der Waals surface area (Å²) in [6, 6.07) is 10.7. The Kier molecular flexibility index (Phi) is 8.39. The minimum atomic E-state index is 0. The standard InChI is InChI=1S/C21H32N2O2.ClH/c22-17-21(11-5-2-6-12-21)15-20(24)23(19-10-14-25-16-19)13-9-18-7-3-1-4-8-18;/h1,3-4,7-8,19H,2,5-6,9-17,22H2;1H. The van der Waals surface area contributed by atoms with Crippen molar-refractivity contribution < 1.29 is 9.53 Å². The van der Waals surface area contributed by atoms with Crippen molar-refractivity contribution in [2.24, 2.45) is 11.1 Å². The molecule has 1 aliphatic carbocycles. The van der Waals surface area contributed by atoms with Crippen molar-refractivity contribution in [3.8, 4) is 0 Å². The largest absolute Gasteiger partial charge is 0.379 e. The summed E-state index contributed by atoms with van der Waals surface area (Å²) in [5, 5.41) is 0. The topological polar surface area (TPSA) is 55.6 Å². The molecule has 1 unspecified atom stereocenters. The van der Waals surface area contributed by atoms with Gasteiger partial charge in [0.25, 0.3) is 0 Å². The van der Waals surface area contributed by atoms with Crippen LogP contribution in [0.4, 0.5) is 0 Å². The van der Waals surface area contributed by atoms with Crippen molar-refractivity contribution >= 4 is 18.3 Å². The zero-order valence-electron chi connectivity index (χ0n) is 15.7. The van der Waals surface area contributed by atoms with E-state index in [-0.39, 0.29) is 29.8 Å². The fourth-order valence-corrected chi connectivity index (χ4v) is 4.35. The maximum Gasteiger partial charge on any atom is 0.223 e. The fourth-order valence-electron chi connectivity index (χ4n) is 4.35. The van der Waals surface area contributed by atoms with Crippen molar-refractivity contribution in [2.45, 2.75) is 57.4 Å². The Bertz CT molecular complexity index is 540. The van der Waals surface area contributed by atoms with E-state index in [1.807, 2.05) is 6.07 Å². The Morgan fingerprint density at radius 2 is 1.92 bits per heavy atom. The van der Waals surface area contributed by atoms with Crippen LogP contribution in [0, 0.1) is 5.41 Å². The Hall–Kier alpha value is -1.10. The van der Waals surface area contributed by atoms with Gasteiger partial charge in [-0.3, -0.25) is 4.79 Å². The molecule has 146 valence electrons. The number of nitrogens with two attached hydrogens (primary N) is 1. The second kappa shape index (κ2) is 10.3. The highest BCUT2D eigenvalue weighted by atomic mass is 35.5. The van der Waals surface area contributed by atoms with Crippen LogP contribution in [0.15, 0.2) is 30.3 Å². The van der Waals surface area contributed by atoms with E-state index in [0.717, 1.165) is 38.8 Å². The Balaban J connectivity index is 0.00000243. The Morgan fingerprint density at radius 1 is 1.19 bits per heavy atom. The van der Waals surface area contributed by atoms with Crippen molar-refractivity contribution in [1.29, 1.82) is 0 Å². The first-order chi connectivity index (χ1) is 12.2. The Morgan fingerprint density at radius 3 is 2.54 bits per heavy atom. The van der Waals surface area contributed by atoms with E-state index in [1.165, 1.54) is 24.8 Å². The van der Waals surface area contributed by atoms with Gasteiger partial charge in [-0.2, -0.15) is 0 Å². The lowest BCUT2D eigenvalue weighted by Crippen LogP contribution is -2.46. The van der Waals surface area contributed by atoms with Gasteiger partial charge in [-0.1, -0.05) is 49.6 Å². The van der Waals surface area contributed by atoms with Gasteiger partial charge >= 0.3 is 0 Å². The highest BCUT2D eigenvalue weighted by molar-refractivity contribution is 5.85. The molecule has 4 nitrogen and oxygen atoms in total. The third-order valence-electron chi connectivity index (χ3n) is 6.02. The van der Waals surface area contributed by atoms with Gasteiger partial charge in [-0.15, -0.1) is 12.4 Å². The molecular formula is C21H33ClN2O2. The third-order valence-corrected chi connectivity index (χ3v) is 6.02. The van der Waals surface area contributed by atoms with Gasteiger partial charge in [0.05, 0.1) is 12.6 Å². The highest BCUT2D eigenvalue weighted by Crippen LogP contribution is 2.39. The van der Waals surface area contributed by atoms with Crippen LogP contribution in [-0.2, 0) is 16.0 Å². The van der Waals surface area contributed by atoms with Gasteiger partial charge < -0.3 is 15.4 Å². The summed E-state index contributed by atoms with van der Waals surface area (Å²) in [5.41, 5.74) is 7.42. The summed E-state index contributed by atoms with van der Waals surface area (Å²) in [6.07, 6.45) is 8.36. The number of carbonyl (C=O) groups excluding carboxylic acids is 1. The first-order valence-corrected chi connectivity index (χ1v) is 9.84. The van der Waals surface area contributed by atoms with Gasteiger partial charge in [0.15, 0.2) is 0 Å². The first-order valence-electron chi connectivity index (χ1n) is 9.84. The lowest BCUT2D eigenvalue weighted by atomic mass is 9.71. The smallest absolute Gasteiger partial charge is 0.223 e. The van der Waals surface area contributed by atoms with Crippen LogP contribution in [0.25, 0.3) is 0 Å². The average Bonchev–Trinajstić information content (AvgIpc) is 3.18. The number of carbonyl (C=O) groups is 1. The summed E-state index contributed by atoms with van der Waals surface area (Å²) in [5.74, 6) is 0.277. The second-order valence-electron chi connectivity index (χ2n) is 7.78. The number of ether oxygens (including phenoxy) is 1. The molecule has 2 N–H and O–H groups in total. The lowest BCUT2D eigenvalue weighted by Gasteiger charge is -2.38. The van der Waals surface area contributed by atoms with E-state index in [9.17, 15) is 4.79 Å². The molecule has 1 aromatic carbocycles. The van der Waals surface area contributed by atoms with Crippen molar-refractivity contribution in [1.82, 2.24) is 4.90 Å². The number of hydrogen-bond donors (Lipinski definition) is 1. The SMILES string of the molecule is Cl.NCC1(CC(=O)N(CCc2ccccc2)C2CCOC2)CCCCC1. The summed E-state index contributed by atoms with van der Waals surface area (Å²) in [6.45, 7) is 2.85. The normalized spacial score (nSPS) is 21.8. The van der Waals surface area contributed by atoms with E-state index < -0.39 is 0 Å². The molecule has 1 aromatic rings. The van der Waals surface area contributed by atoms with Gasteiger partial charge in [-0.25, -0.2) is 0 Å². The molecule has 26 heavy (non-hydrogen) atoms. The number of nitrogens with zero attached hydrogens (tertiary/aromatic N) is 1. The first kappa shape index (κ1) is 21.2. The van der Waals surface area contributed by atoms with Crippen LogP contribution in [0.5, 0.6) is 0 Å². The highest BCUT2D eigenvalue weighted by Gasteiger charge is 2.36. The number of rotatable bonds is 7. The molecule has 0 bridgehead atoms. The maximum atomic E-state index is 13.2. The van der Waals surface area contributed by atoms with Gasteiger partial charge in [0.2, 0.25) is 5.91 Å².